The van der Waals surface area contributed by atoms with Crippen LogP contribution in [0.15, 0.2) is 67.3 Å². The Morgan fingerprint density at radius 2 is 1.81 bits per heavy atom. The molecule has 0 aliphatic rings. The number of carbonyl (C=O) groups excluding carboxylic acids is 1. The first-order valence-electron chi connectivity index (χ1n) is 6.97. The summed E-state index contributed by atoms with van der Waals surface area (Å²) in [4.78, 5) is 12.5. The van der Waals surface area contributed by atoms with E-state index < -0.39 is 6.04 Å². The number of hydrogen-bond acceptors (Lipinski definition) is 2. The molecule has 0 saturated carbocycles. The molecule has 0 aromatic heterocycles. The molecule has 0 saturated heterocycles. The molecule has 0 radical (unpaired) electrons. The Labute approximate surface area is 125 Å². The minimum absolute atomic E-state index is 0.0769. The van der Waals surface area contributed by atoms with Gasteiger partial charge in [0.15, 0.2) is 0 Å². The summed E-state index contributed by atoms with van der Waals surface area (Å²) in [6.07, 6.45) is 1.75. The summed E-state index contributed by atoms with van der Waals surface area (Å²) in [7, 11) is 0. The van der Waals surface area contributed by atoms with E-state index in [1.165, 1.54) is 0 Å². The smallest absolute Gasteiger partial charge is 0.246 e. The predicted molar refractivity (Wildman–Crippen MR) is 87.2 cm³/mol. The number of anilines is 1. The minimum atomic E-state index is -0.398. The lowest BCUT2D eigenvalue weighted by molar-refractivity contribution is -0.118. The highest BCUT2D eigenvalue weighted by molar-refractivity contribution is 5.95. The molecule has 2 aromatic rings. The van der Waals surface area contributed by atoms with Crippen LogP contribution in [0.2, 0.25) is 0 Å². The zero-order chi connectivity index (χ0) is 15.1. The molecule has 21 heavy (non-hydrogen) atoms. The van der Waals surface area contributed by atoms with Crippen LogP contribution in [-0.2, 0) is 4.79 Å². The monoisotopic (exact) mass is 280 g/mol. The van der Waals surface area contributed by atoms with Crippen molar-refractivity contribution in [3.63, 3.8) is 0 Å². The number of rotatable bonds is 6. The Morgan fingerprint density at radius 3 is 2.43 bits per heavy atom. The normalized spacial score (nSPS) is 11.7. The number of amides is 1. The van der Waals surface area contributed by atoms with Crippen LogP contribution in [-0.4, -0.2) is 12.5 Å². The van der Waals surface area contributed by atoms with Gasteiger partial charge in [0.1, 0.15) is 6.04 Å². The van der Waals surface area contributed by atoms with E-state index in [1.54, 1.807) is 6.08 Å². The van der Waals surface area contributed by atoms with Gasteiger partial charge >= 0.3 is 0 Å². The van der Waals surface area contributed by atoms with Crippen LogP contribution in [0.5, 0.6) is 0 Å². The summed E-state index contributed by atoms with van der Waals surface area (Å²) in [5.41, 5.74) is 2.90. The summed E-state index contributed by atoms with van der Waals surface area (Å²) in [5, 5.41) is 6.13. The van der Waals surface area contributed by atoms with Crippen LogP contribution in [0.3, 0.4) is 0 Å². The lowest BCUT2D eigenvalue weighted by atomic mass is 10.1. The van der Waals surface area contributed by atoms with Crippen molar-refractivity contribution >= 4 is 11.6 Å². The van der Waals surface area contributed by atoms with E-state index in [1.807, 2.05) is 61.5 Å². The summed E-state index contributed by atoms with van der Waals surface area (Å²) in [5.74, 6) is -0.0769. The second-order valence-electron chi connectivity index (χ2n) is 4.90. The fraction of sp³-hybridized carbons (Fsp3) is 0.167. The predicted octanol–water partition coefficient (Wildman–Crippen LogP) is 3.45. The largest absolute Gasteiger partial charge is 0.324 e. The number of hydrogen-bond donors (Lipinski definition) is 2. The van der Waals surface area contributed by atoms with E-state index in [0.717, 1.165) is 16.8 Å². The quantitative estimate of drug-likeness (QED) is 0.796. The van der Waals surface area contributed by atoms with E-state index in [-0.39, 0.29) is 5.91 Å². The average Bonchev–Trinajstić information content (AvgIpc) is 2.51. The van der Waals surface area contributed by atoms with Crippen molar-refractivity contribution in [2.75, 3.05) is 11.9 Å². The second-order valence-corrected chi connectivity index (χ2v) is 4.90. The van der Waals surface area contributed by atoms with E-state index >= 15 is 0 Å². The van der Waals surface area contributed by atoms with Crippen LogP contribution in [0.1, 0.15) is 17.2 Å². The first-order chi connectivity index (χ1) is 10.2. The Kier molecular flexibility index (Phi) is 5.29. The summed E-state index contributed by atoms with van der Waals surface area (Å²) in [6, 6.07) is 17.0. The Morgan fingerprint density at radius 1 is 1.14 bits per heavy atom. The topological polar surface area (TPSA) is 41.1 Å². The molecule has 0 heterocycles. The first-order valence-corrected chi connectivity index (χ1v) is 6.97. The third-order valence-electron chi connectivity index (χ3n) is 3.18. The van der Waals surface area contributed by atoms with Crippen LogP contribution >= 0.6 is 0 Å². The van der Waals surface area contributed by atoms with E-state index in [2.05, 4.69) is 17.2 Å². The molecule has 0 fully saturated rings. The maximum absolute atomic E-state index is 12.5. The molecular weight excluding hydrogens is 260 g/mol. The molecule has 108 valence electrons. The van der Waals surface area contributed by atoms with Crippen LogP contribution < -0.4 is 10.6 Å². The number of benzene rings is 2. The molecular formula is C18H20N2O. The van der Waals surface area contributed by atoms with Gasteiger partial charge in [-0.05, 0) is 24.6 Å². The maximum Gasteiger partial charge on any atom is 0.246 e. The Hall–Kier alpha value is -2.39. The zero-order valence-corrected chi connectivity index (χ0v) is 12.2. The lowest BCUT2D eigenvalue weighted by Gasteiger charge is -2.18. The average molecular weight is 280 g/mol. The van der Waals surface area contributed by atoms with E-state index in [4.69, 9.17) is 0 Å². The zero-order valence-electron chi connectivity index (χ0n) is 12.2. The van der Waals surface area contributed by atoms with Crippen molar-refractivity contribution in [3.05, 3.63) is 78.4 Å². The van der Waals surface area contributed by atoms with Crippen molar-refractivity contribution in [1.29, 1.82) is 0 Å². The van der Waals surface area contributed by atoms with Crippen LogP contribution in [0.4, 0.5) is 5.69 Å². The van der Waals surface area contributed by atoms with Gasteiger partial charge in [0.2, 0.25) is 5.91 Å². The summed E-state index contributed by atoms with van der Waals surface area (Å²) in [6.45, 7) is 6.27. The van der Waals surface area contributed by atoms with Gasteiger partial charge in [-0.1, -0.05) is 54.1 Å². The van der Waals surface area contributed by atoms with Gasteiger partial charge in [-0.25, -0.2) is 0 Å². The molecule has 0 aliphatic heterocycles. The van der Waals surface area contributed by atoms with E-state index in [9.17, 15) is 4.79 Å². The van der Waals surface area contributed by atoms with E-state index in [0.29, 0.717) is 6.54 Å². The van der Waals surface area contributed by atoms with Crippen LogP contribution in [0, 0.1) is 6.92 Å². The lowest BCUT2D eigenvalue weighted by Crippen LogP contribution is -2.33. The maximum atomic E-state index is 12.5. The molecule has 0 unspecified atom stereocenters. The fourth-order valence-corrected chi connectivity index (χ4v) is 2.06. The Bertz CT molecular complexity index is 590. The molecule has 3 nitrogen and oxygen atoms in total. The number of nitrogens with one attached hydrogen (secondary N) is 2. The van der Waals surface area contributed by atoms with Gasteiger partial charge in [-0.2, -0.15) is 0 Å². The second kappa shape index (κ2) is 7.41. The molecule has 0 spiro atoms. The molecule has 3 heteroatoms. The van der Waals surface area contributed by atoms with Crippen molar-refractivity contribution < 1.29 is 4.79 Å². The summed E-state index contributed by atoms with van der Waals surface area (Å²) >= 11 is 0. The number of carbonyl (C=O) groups is 1. The van der Waals surface area contributed by atoms with Gasteiger partial charge in [-0.3, -0.25) is 10.1 Å². The van der Waals surface area contributed by atoms with Crippen molar-refractivity contribution in [3.8, 4) is 0 Å². The summed E-state index contributed by atoms with van der Waals surface area (Å²) < 4.78 is 0. The van der Waals surface area contributed by atoms with Crippen molar-refractivity contribution in [2.24, 2.45) is 0 Å². The van der Waals surface area contributed by atoms with Crippen molar-refractivity contribution in [1.82, 2.24) is 5.32 Å². The SMILES string of the molecule is C=CCN[C@H](C(=O)Nc1ccc(C)cc1)c1ccccc1. The minimum Gasteiger partial charge on any atom is -0.324 e. The molecule has 2 N–H and O–H groups in total. The van der Waals surface area contributed by atoms with Crippen molar-refractivity contribution in [2.45, 2.75) is 13.0 Å². The van der Waals surface area contributed by atoms with Gasteiger partial charge < -0.3 is 5.32 Å². The molecule has 1 atom stereocenters. The highest BCUT2D eigenvalue weighted by Gasteiger charge is 2.19. The van der Waals surface area contributed by atoms with Gasteiger partial charge in [-0.15, -0.1) is 6.58 Å². The highest BCUT2D eigenvalue weighted by Crippen LogP contribution is 2.16. The van der Waals surface area contributed by atoms with Gasteiger partial charge in [0.25, 0.3) is 0 Å². The standard InChI is InChI=1S/C18H20N2O/c1-3-13-19-17(15-7-5-4-6-8-15)18(21)20-16-11-9-14(2)10-12-16/h3-12,17,19H,1,13H2,2H3,(H,20,21)/t17-/m0/s1. The Balaban J connectivity index is 2.14. The molecule has 2 aromatic carbocycles. The third-order valence-corrected chi connectivity index (χ3v) is 3.18. The van der Waals surface area contributed by atoms with Gasteiger partial charge in [0.05, 0.1) is 0 Å². The third kappa shape index (κ3) is 4.29. The van der Waals surface area contributed by atoms with Crippen LogP contribution in [0.25, 0.3) is 0 Å². The highest BCUT2D eigenvalue weighted by atomic mass is 16.2. The fourth-order valence-electron chi connectivity index (χ4n) is 2.06. The molecule has 2 rings (SSSR count). The molecule has 0 bridgehead atoms. The number of aryl methyl sites for hydroxylation is 1. The molecule has 0 aliphatic carbocycles. The molecule has 1 amide bonds. The first kappa shape index (κ1) is 15.0. The van der Waals surface area contributed by atoms with Gasteiger partial charge in [0, 0.05) is 12.2 Å².